The van der Waals surface area contributed by atoms with E-state index in [4.69, 9.17) is 0 Å². The lowest BCUT2D eigenvalue weighted by Crippen LogP contribution is -2.45. The van der Waals surface area contributed by atoms with Gasteiger partial charge in [-0.25, -0.2) is 0 Å². The molecule has 0 fully saturated rings. The van der Waals surface area contributed by atoms with Gasteiger partial charge in [0.15, 0.2) is 0 Å². The molecule has 0 spiro atoms. The van der Waals surface area contributed by atoms with Crippen molar-refractivity contribution in [3.8, 4) is 0 Å². The number of carbonyl (C=O) groups is 1. The Morgan fingerprint density at radius 2 is 1.00 bits per heavy atom. The molecule has 0 saturated heterocycles. The molecule has 0 aliphatic heterocycles. The normalized spacial score (nSPS) is 14.8. The molecule has 2 heteroatoms. The first-order chi connectivity index (χ1) is 8.48. The smallest absolute Gasteiger partial charge is 0.307 e. The number of hydrogen-bond acceptors (Lipinski definition) is 1. The van der Waals surface area contributed by atoms with Crippen LogP contribution in [0.5, 0.6) is 0 Å². The van der Waals surface area contributed by atoms with E-state index in [0.29, 0.717) is 0 Å². The van der Waals surface area contributed by atoms with Crippen molar-refractivity contribution in [2.45, 2.75) is 82.1 Å². The highest BCUT2D eigenvalue weighted by atomic mass is 16.4. The summed E-state index contributed by atoms with van der Waals surface area (Å²) in [5, 5.41) is 9.84. The van der Waals surface area contributed by atoms with Crippen molar-refractivity contribution < 1.29 is 9.90 Å². The number of aliphatic carboxylic acids is 1. The van der Waals surface area contributed by atoms with Crippen molar-refractivity contribution in [1.29, 1.82) is 0 Å². The molecule has 0 aromatic carbocycles. The Kier molecular flexibility index (Phi) is 5.54. The molecule has 0 unspecified atom stereocenters. The Labute approximate surface area is 126 Å². The van der Waals surface area contributed by atoms with Crippen molar-refractivity contribution in [1.82, 2.24) is 0 Å². The maximum Gasteiger partial charge on any atom is 0.307 e. The van der Waals surface area contributed by atoms with E-state index >= 15 is 0 Å². The third-order valence-electron chi connectivity index (χ3n) is 3.78. The summed E-state index contributed by atoms with van der Waals surface area (Å²) in [4.78, 5) is 12.0. The van der Waals surface area contributed by atoms with Crippen LogP contribution in [-0.4, -0.2) is 11.1 Å². The summed E-state index contributed by atoms with van der Waals surface area (Å²) in [5.74, 6) is -0.998. The van der Waals surface area contributed by atoms with E-state index < -0.39 is 5.97 Å². The molecule has 2 nitrogen and oxygen atoms in total. The zero-order valence-electron chi connectivity index (χ0n) is 15.3. The number of carboxylic acids is 1. The second-order valence-electron chi connectivity index (χ2n) is 10.2. The average molecular weight is 284 g/mol. The summed E-state index contributed by atoms with van der Waals surface area (Å²) in [6, 6.07) is 0. The van der Waals surface area contributed by atoms with Gasteiger partial charge in [-0.2, -0.15) is 0 Å². The molecule has 0 radical (unpaired) electrons. The second-order valence-corrected chi connectivity index (χ2v) is 10.2. The van der Waals surface area contributed by atoms with E-state index in [0.717, 1.165) is 12.8 Å². The minimum Gasteiger partial charge on any atom is -0.481 e. The van der Waals surface area contributed by atoms with Crippen molar-refractivity contribution in [2.75, 3.05) is 0 Å². The van der Waals surface area contributed by atoms with Crippen LogP contribution in [0, 0.1) is 27.6 Å². The molecule has 1 N–H and O–H groups in total. The summed E-state index contributed by atoms with van der Waals surface area (Å²) in [6.45, 7) is 21.6. The van der Waals surface area contributed by atoms with Crippen LogP contribution in [0.4, 0.5) is 0 Å². The highest BCUT2D eigenvalue weighted by Crippen LogP contribution is 2.50. The van der Waals surface area contributed by atoms with E-state index in [1.54, 1.807) is 0 Å². The first-order valence-corrected chi connectivity index (χ1v) is 7.71. The largest absolute Gasteiger partial charge is 0.481 e. The van der Waals surface area contributed by atoms with Gasteiger partial charge in [-0.1, -0.05) is 69.2 Å². The predicted octanol–water partition coefficient (Wildman–Crippen LogP) is 5.61. The summed E-state index contributed by atoms with van der Waals surface area (Å²) in [5.41, 5.74) is -0.179. The Morgan fingerprint density at radius 3 is 1.15 bits per heavy atom. The molecule has 0 atom stereocenters. The molecule has 20 heavy (non-hydrogen) atoms. The molecule has 120 valence electrons. The van der Waals surface area contributed by atoms with Crippen LogP contribution in [0.25, 0.3) is 0 Å². The van der Waals surface area contributed by atoms with Gasteiger partial charge in [-0.05, 0) is 34.5 Å². The minimum absolute atomic E-state index is 0.134. The van der Waals surface area contributed by atoms with Gasteiger partial charge in [0.05, 0.1) is 5.92 Å². The lowest BCUT2D eigenvalue weighted by atomic mass is 9.57. The van der Waals surface area contributed by atoms with E-state index in [9.17, 15) is 9.90 Å². The third-order valence-corrected chi connectivity index (χ3v) is 3.78. The maximum atomic E-state index is 12.0. The minimum atomic E-state index is -0.659. The molecular weight excluding hydrogens is 248 g/mol. The fourth-order valence-corrected chi connectivity index (χ4v) is 4.66. The fourth-order valence-electron chi connectivity index (χ4n) is 4.66. The van der Waals surface area contributed by atoms with E-state index in [1.807, 2.05) is 0 Å². The first kappa shape index (κ1) is 19.5. The van der Waals surface area contributed by atoms with Gasteiger partial charge in [-0.3, -0.25) is 4.79 Å². The van der Waals surface area contributed by atoms with Crippen molar-refractivity contribution >= 4 is 5.97 Å². The highest BCUT2D eigenvalue weighted by molar-refractivity contribution is 5.72. The molecule has 0 heterocycles. The van der Waals surface area contributed by atoms with Crippen molar-refractivity contribution in [2.24, 2.45) is 27.6 Å². The van der Waals surface area contributed by atoms with Gasteiger partial charge in [0.2, 0.25) is 0 Å². The quantitative estimate of drug-likeness (QED) is 0.712. The molecule has 0 bridgehead atoms. The Balaban J connectivity index is 5.49. The van der Waals surface area contributed by atoms with Crippen molar-refractivity contribution in [3.05, 3.63) is 0 Å². The van der Waals surface area contributed by atoms with Crippen LogP contribution in [-0.2, 0) is 4.79 Å². The topological polar surface area (TPSA) is 37.3 Å². The van der Waals surface area contributed by atoms with Gasteiger partial charge in [-0.15, -0.1) is 0 Å². The van der Waals surface area contributed by atoms with E-state index in [-0.39, 0.29) is 27.6 Å². The van der Waals surface area contributed by atoms with Crippen LogP contribution in [0.15, 0.2) is 0 Å². The van der Waals surface area contributed by atoms with Crippen LogP contribution in [0.3, 0.4) is 0 Å². The number of carboxylic acid groups (broad SMARTS) is 1. The highest BCUT2D eigenvalue weighted by Gasteiger charge is 2.47. The number of hydrogen-bond donors (Lipinski definition) is 1. The summed E-state index contributed by atoms with van der Waals surface area (Å²) in [7, 11) is 0. The lowest BCUT2D eigenvalue weighted by molar-refractivity contribution is -0.154. The van der Waals surface area contributed by atoms with E-state index in [1.165, 1.54) is 0 Å². The molecule has 0 rings (SSSR count). The zero-order chi connectivity index (χ0) is 16.6. The predicted molar refractivity (Wildman–Crippen MR) is 86.8 cm³/mol. The van der Waals surface area contributed by atoms with E-state index in [2.05, 4.69) is 69.2 Å². The molecule has 0 aromatic heterocycles. The van der Waals surface area contributed by atoms with Crippen molar-refractivity contribution in [3.63, 3.8) is 0 Å². The molecule has 0 saturated carbocycles. The van der Waals surface area contributed by atoms with Crippen LogP contribution >= 0.6 is 0 Å². The monoisotopic (exact) mass is 284 g/mol. The van der Waals surface area contributed by atoms with Gasteiger partial charge in [0.1, 0.15) is 0 Å². The Bertz CT molecular complexity index is 309. The van der Waals surface area contributed by atoms with Crippen LogP contribution in [0.1, 0.15) is 82.1 Å². The summed E-state index contributed by atoms with van der Waals surface area (Å²) in [6.07, 6.45) is 1.81. The fraction of sp³-hybridized carbons (Fsp3) is 0.944. The molecule has 0 amide bonds. The summed E-state index contributed by atoms with van der Waals surface area (Å²) < 4.78 is 0. The number of rotatable bonds is 5. The van der Waals surface area contributed by atoms with Gasteiger partial charge >= 0.3 is 5.97 Å². The Morgan fingerprint density at radius 1 is 0.750 bits per heavy atom. The maximum absolute atomic E-state index is 12.0. The first-order valence-electron chi connectivity index (χ1n) is 7.71. The average Bonchev–Trinajstić information content (AvgIpc) is 1.87. The molecule has 0 aromatic rings. The van der Waals surface area contributed by atoms with Gasteiger partial charge in [0, 0.05) is 0 Å². The Hall–Kier alpha value is -0.530. The lowest BCUT2D eigenvalue weighted by Gasteiger charge is -2.46. The molecule has 0 aliphatic rings. The standard InChI is InChI=1S/C18H36O2/c1-15(2,3)11-17(7,8)13(14(19)20)18(9,10)12-16(4,5)6/h13H,11-12H2,1-10H3,(H,19,20). The second kappa shape index (κ2) is 5.69. The molecule has 0 aliphatic carbocycles. The molecular formula is C18H36O2. The summed E-state index contributed by atoms with van der Waals surface area (Å²) >= 11 is 0. The zero-order valence-corrected chi connectivity index (χ0v) is 15.3. The van der Waals surface area contributed by atoms with Gasteiger partial charge in [0.25, 0.3) is 0 Å². The SMILES string of the molecule is CC(C)(C)CC(C)(C)C(C(=O)O)C(C)(C)CC(C)(C)C. The van der Waals surface area contributed by atoms with Crippen LogP contribution < -0.4 is 0 Å². The van der Waals surface area contributed by atoms with Gasteiger partial charge < -0.3 is 5.11 Å². The third kappa shape index (κ3) is 6.28. The van der Waals surface area contributed by atoms with Crippen LogP contribution in [0.2, 0.25) is 0 Å².